The maximum atomic E-state index is 12.0. The van der Waals surface area contributed by atoms with Gasteiger partial charge in [0.25, 0.3) is 5.91 Å². The van der Waals surface area contributed by atoms with Crippen molar-refractivity contribution in [2.24, 2.45) is 0 Å². The van der Waals surface area contributed by atoms with Gasteiger partial charge in [-0.25, -0.2) is 0 Å². The second kappa shape index (κ2) is 5.23. The number of hydrogen-bond donors (Lipinski definition) is 2. The molecule has 0 aliphatic carbocycles. The number of nitrogen functional groups attached to an aromatic ring is 1. The highest BCUT2D eigenvalue weighted by Crippen LogP contribution is 2.18. The Bertz CT molecular complexity index is 545. The average molecular weight is 260 g/mol. The zero-order chi connectivity index (χ0) is 13.1. The minimum absolute atomic E-state index is 0.0273. The van der Waals surface area contributed by atoms with Crippen molar-refractivity contribution in [3.8, 4) is 0 Å². The van der Waals surface area contributed by atoms with Crippen LogP contribution < -0.4 is 11.1 Å². The first-order chi connectivity index (χ1) is 8.56. The summed E-state index contributed by atoms with van der Waals surface area (Å²) < 4.78 is 0. The molecule has 3 nitrogen and oxygen atoms in total. The molecule has 1 aromatic heterocycles. The summed E-state index contributed by atoms with van der Waals surface area (Å²) in [7, 11) is 0. The maximum absolute atomic E-state index is 12.0. The zero-order valence-corrected chi connectivity index (χ0v) is 11.3. The lowest BCUT2D eigenvalue weighted by Crippen LogP contribution is -2.25. The van der Waals surface area contributed by atoms with Gasteiger partial charge in [0.15, 0.2) is 0 Å². The van der Waals surface area contributed by atoms with Crippen LogP contribution in [0.15, 0.2) is 36.4 Å². The summed E-state index contributed by atoms with van der Waals surface area (Å²) in [6.07, 6.45) is 0. The molecule has 0 fully saturated rings. The van der Waals surface area contributed by atoms with Crippen molar-refractivity contribution in [2.45, 2.75) is 19.9 Å². The Morgan fingerprint density at radius 3 is 2.44 bits per heavy atom. The average Bonchev–Trinajstić information content (AvgIpc) is 2.76. The standard InChI is InChI=1S/C14H16N2OS/c1-9-3-8-13(18-9)14(17)16-10(2)11-4-6-12(15)7-5-11/h3-8,10H,15H2,1-2H3,(H,16,17). The number of nitrogens with two attached hydrogens (primary N) is 1. The van der Waals surface area contributed by atoms with Crippen LogP contribution in [-0.2, 0) is 0 Å². The minimum atomic E-state index is -0.0302. The van der Waals surface area contributed by atoms with Crippen LogP contribution in [0.25, 0.3) is 0 Å². The highest BCUT2D eigenvalue weighted by atomic mass is 32.1. The van der Waals surface area contributed by atoms with E-state index in [1.165, 1.54) is 11.3 Å². The van der Waals surface area contributed by atoms with Gasteiger partial charge in [-0.15, -0.1) is 11.3 Å². The van der Waals surface area contributed by atoms with Gasteiger partial charge in [0.1, 0.15) is 0 Å². The maximum Gasteiger partial charge on any atom is 0.261 e. The number of benzene rings is 1. The van der Waals surface area contributed by atoms with Gasteiger partial charge >= 0.3 is 0 Å². The summed E-state index contributed by atoms with van der Waals surface area (Å²) in [5.74, 6) is -0.0302. The van der Waals surface area contributed by atoms with Gasteiger partial charge in [0.2, 0.25) is 0 Å². The summed E-state index contributed by atoms with van der Waals surface area (Å²) in [5.41, 5.74) is 7.41. The molecule has 4 heteroatoms. The molecule has 94 valence electrons. The molecule has 3 N–H and O–H groups in total. The second-order valence-corrected chi connectivity index (χ2v) is 5.56. The van der Waals surface area contributed by atoms with Gasteiger partial charge in [-0.05, 0) is 43.7 Å². The highest BCUT2D eigenvalue weighted by molar-refractivity contribution is 7.13. The van der Waals surface area contributed by atoms with Gasteiger partial charge in [-0.2, -0.15) is 0 Å². The summed E-state index contributed by atoms with van der Waals surface area (Å²) in [5, 5.41) is 2.98. The molecule has 0 aliphatic rings. The van der Waals surface area contributed by atoms with E-state index in [1.807, 2.05) is 50.2 Å². The molecule has 0 saturated heterocycles. The molecule has 2 rings (SSSR count). The van der Waals surface area contributed by atoms with Crippen molar-refractivity contribution in [3.05, 3.63) is 51.7 Å². The van der Waals surface area contributed by atoms with Crippen LogP contribution in [0.1, 0.15) is 33.1 Å². The lowest BCUT2D eigenvalue weighted by atomic mass is 10.1. The number of nitrogens with one attached hydrogen (secondary N) is 1. The largest absolute Gasteiger partial charge is 0.399 e. The van der Waals surface area contributed by atoms with E-state index in [2.05, 4.69) is 5.32 Å². The summed E-state index contributed by atoms with van der Waals surface area (Å²) >= 11 is 1.50. The van der Waals surface area contributed by atoms with Crippen molar-refractivity contribution < 1.29 is 4.79 Å². The fourth-order valence-corrected chi connectivity index (χ4v) is 2.46. The van der Waals surface area contributed by atoms with Crippen molar-refractivity contribution in [1.29, 1.82) is 0 Å². The predicted octanol–water partition coefficient (Wildman–Crippen LogP) is 3.13. The SMILES string of the molecule is Cc1ccc(C(=O)NC(C)c2ccc(N)cc2)s1. The third-order valence-corrected chi connectivity index (χ3v) is 3.75. The second-order valence-electron chi connectivity index (χ2n) is 4.27. The Labute approximate surface area is 111 Å². The Kier molecular flexibility index (Phi) is 3.67. The van der Waals surface area contributed by atoms with E-state index < -0.39 is 0 Å². The monoisotopic (exact) mass is 260 g/mol. The normalized spacial score (nSPS) is 12.1. The van der Waals surface area contributed by atoms with E-state index in [4.69, 9.17) is 5.73 Å². The lowest BCUT2D eigenvalue weighted by molar-refractivity contribution is 0.0944. The highest BCUT2D eigenvalue weighted by Gasteiger charge is 2.12. The Balaban J connectivity index is 2.05. The van der Waals surface area contributed by atoms with Crippen molar-refractivity contribution in [1.82, 2.24) is 5.32 Å². The first kappa shape index (κ1) is 12.6. The third-order valence-electron chi connectivity index (χ3n) is 2.75. The molecular formula is C14H16N2OS. The molecule has 18 heavy (non-hydrogen) atoms. The van der Waals surface area contributed by atoms with Gasteiger partial charge < -0.3 is 11.1 Å². The smallest absolute Gasteiger partial charge is 0.261 e. The number of carbonyl (C=O) groups is 1. The van der Waals surface area contributed by atoms with E-state index in [0.717, 1.165) is 21.0 Å². The van der Waals surface area contributed by atoms with Crippen LogP contribution in [0.5, 0.6) is 0 Å². The van der Waals surface area contributed by atoms with Crippen molar-refractivity contribution in [2.75, 3.05) is 5.73 Å². The molecule has 1 heterocycles. The number of hydrogen-bond acceptors (Lipinski definition) is 3. The summed E-state index contributed by atoms with van der Waals surface area (Å²) in [6.45, 7) is 3.95. The van der Waals surface area contributed by atoms with E-state index in [1.54, 1.807) is 0 Å². The van der Waals surface area contributed by atoms with Crippen LogP contribution in [0.2, 0.25) is 0 Å². The molecule has 0 aliphatic heterocycles. The van der Waals surface area contributed by atoms with Crippen LogP contribution >= 0.6 is 11.3 Å². The molecule has 1 amide bonds. The van der Waals surface area contributed by atoms with Crippen LogP contribution in [0, 0.1) is 6.92 Å². The lowest BCUT2D eigenvalue weighted by Gasteiger charge is -2.13. The fraction of sp³-hybridized carbons (Fsp3) is 0.214. The summed E-state index contributed by atoms with van der Waals surface area (Å²) in [4.78, 5) is 13.9. The first-order valence-electron chi connectivity index (χ1n) is 5.79. The molecular weight excluding hydrogens is 244 g/mol. The number of anilines is 1. The molecule has 0 bridgehead atoms. The Hall–Kier alpha value is -1.81. The van der Waals surface area contributed by atoms with Gasteiger partial charge in [-0.3, -0.25) is 4.79 Å². The van der Waals surface area contributed by atoms with Crippen molar-refractivity contribution >= 4 is 22.9 Å². The van der Waals surface area contributed by atoms with E-state index >= 15 is 0 Å². The van der Waals surface area contributed by atoms with Gasteiger partial charge in [-0.1, -0.05) is 12.1 Å². The zero-order valence-electron chi connectivity index (χ0n) is 10.4. The van der Waals surface area contributed by atoms with Crippen molar-refractivity contribution in [3.63, 3.8) is 0 Å². The van der Waals surface area contributed by atoms with E-state index in [9.17, 15) is 4.79 Å². The molecule has 0 radical (unpaired) electrons. The molecule has 1 aromatic carbocycles. The molecule has 2 aromatic rings. The number of aryl methyl sites for hydroxylation is 1. The minimum Gasteiger partial charge on any atom is -0.399 e. The van der Waals surface area contributed by atoms with Crippen LogP contribution in [-0.4, -0.2) is 5.91 Å². The Morgan fingerprint density at radius 2 is 1.89 bits per heavy atom. The summed E-state index contributed by atoms with van der Waals surface area (Å²) in [6, 6.07) is 11.3. The quantitative estimate of drug-likeness (QED) is 0.833. The fourth-order valence-electron chi connectivity index (χ4n) is 1.69. The molecule has 0 spiro atoms. The van der Waals surface area contributed by atoms with E-state index in [-0.39, 0.29) is 11.9 Å². The molecule has 1 unspecified atom stereocenters. The van der Waals surface area contributed by atoms with Crippen LogP contribution in [0.3, 0.4) is 0 Å². The van der Waals surface area contributed by atoms with Gasteiger partial charge in [0, 0.05) is 10.6 Å². The number of carbonyl (C=O) groups excluding carboxylic acids is 1. The van der Waals surface area contributed by atoms with Gasteiger partial charge in [0.05, 0.1) is 10.9 Å². The third kappa shape index (κ3) is 2.90. The number of thiophene rings is 1. The topological polar surface area (TPSA) is 55.1 Å². The first-order valence-corrected chi connectivity index (χ1v) is 6.60. The Morgan fingerprint density at radius 1 is 1.22 bits per heavy atom. The predicted molar refractivity (Wildman–Crippen MR) is 75.8 cm³/mol. The number of amides is 1. The van der Waals surface area contributed by atoms with Crippen LogP contribution in [0.4, 0.5) is 5.69 Å². The molecule has 1 atom stereocenters. The molecule has 0 saturated carbocycles. The number of rotatable bonds is 3. The van der Waals surface area contributed by atoms with E-state index in [0.29, 0.717) is 0 Å².